The number of carbonyl (C=O) groups excluding carboxylic acids is 3. The molecular formula is C33H35ClN4O9. The molecule has 2 amide bonds. The molecule has 0 bridgehead atoms. The van der Waals surface area contributed by atoms with Crippen molar-refractivity contribution in [1.82, 2.24) is 9.88 Å². The lowest BCUT2D eigenvalue weighted by molar-refractivity contribution is -0.145. The van der Waals surface area contributed by atoms with Gasteiger partial charge in [0.1, 0.15) is 24.0 Å². The summed E-state index contributed by atoms with van der Waals surface area (Å²) in [7, 11) is 1.40. The molecule has 2 atom stereocenters. The highest BCUT2D eigenvalue weighted by Crippen LogP contribution is 2.33. The van der Waals surface area contributed by atoms with Gasteiger partial charge in [-0.1, -0.05) is 18.5 Å². The number of aliphatic carboxylic acids is 1. The van der Waals surface area contributed by atoms with E-state index in [-0.39, 0.29) is 23.3 Å². The molecular weight excluding hydrogens is 632 g/mol. The van der Waals surface area contributed by atoms with E-state index >= 15 is 0 Å². The number of halogens is 1. The summed E-state index contributed by atoms with van der Waals surface area (Å²) >= 11 is 6.14. The number of ether oxygens (including phenoxy) is 3. The first-order chi connectivity index (χ1) is 22.0. The maximum absolute atomic E-state index is 13.3. The highest BCUT2D eigenvalue weighted by atomic mass is 35.5. The Morgan fingerprint density at radius 1 is 1.04 bits per heavy atom. The van der Waals surface area contributed by atoms with E-state index in [1.165, 1.54) is 61.2 Å². The number of anilines is 1. The number of nitrogens with zero attached hydrogens (tertiary/aromatic N) is 2. The van der Waals surface area contributed by atoms with Gasteiger partial charge in [0.15, 0.2) is 5.54 Å². The number of nitriles is 1. The SMILES string of the molecule is CCC(C(=O)Nc1ccc(C(=O)OCC(C)(NC(=O)OC(C)(C)C)C(=O)O)cc1)n1cc(OC)c(-c2cc(Cl)ccc2C#N)cc1=O. The Balaban J connectivity index is 1.74. The van der Waals surface area contributed by atoms with Gasteiger partial charge < -0.3 is 30.0 Å². The molecule has 0 aliphatic carbocycles. The highest BCUT2D eigenvalue weighted by Gasteiger charge is 2.38. The van der Waals surface area contributed by atoms with Crippen molar-refractivity contribution < 1.29 is 38.5 Å². The second kappa shape index (κ2) is 14.8. The first-order valence-corrected chi connectivity index (χ1v) is 14.7. The molecule has 14 heteroatoms. The fourth-order valence-corrected chi connectivity index (χ4v) is 4.55. The maximum Gasteiger partial charge on any atom is 0.408 e. The Morgan fingerprint density at radius 3 is 2.26 bits per heavy atom. The number of benzene rings is 2. The first kappa shape index (κ1) is 36.1. The number of alkyl carbamates (subject to hydrolysis) is 1. The van der Waals surface area contributed by atoms with Crippen LogP contribution in [-0.4, -0.2) is 58.5 Å². The fraction of sp³-hybridized carbons (Fsp3) is 0.333. The lowest BCUT2D eigenvalue weighted by atomic mass is 10.00. The molecule has 248 valence electrons. The van der Waals surface area contributed by atoms with E-state index in [2.05, 4.69) is 16.7 Å². The van der Waals surface area contributed by atoms with Gasteiger partial charge in [-0.15, -0.1) is 0 Å². The van der Waals surface area contributed by atoms with Gasteiger partial charge in [0.25, 0.3) is 5.56 Å². The molecule has 2 unspecified atom stereocenters. The summed E-state index contributed by atoms with van der Waals surface area (Å²) in [4.78, 5) is 63.2. The Labute approximate surface area is 276 Å². The molecule has 0 aliphatic rings. The molecule has 3 aromatic rings. The number of hydrogen-bond donors (Lipinski definition) is 3. The standard InChI is InChI=1S/C33H35ClN4O9/c1-7-25(38-17-26(45-6)24(15-27(38)39)23-14-21(34)11-8-20(23)16-35)28(40)36-22-12-9-19(10-13-22)29(41)46-18-33(5,30(42)43)37-31(44)47-32(2,3)4/h8-15,17,25H,7,18H2,1-6H3,(H,36,40)(H,37,44)(H,42,43). The number of carboxylic acids is 1. The zero-order valence-corrected chi connectivity index (χ0v) is 27.4. The number of aromatic nitrogens is 1. The van der Waals surface area contributed by atoms with Crippen LogP contribution in [0, 0.1) is 11.3 Å². The van der Waals surface area contributed by atoms with Crippen molar-refractivity contribution in [1.29, 1.82) is 5.26 Å². The quantitative estimate of drug-likeness (QED) is 0.231. The monoisotopic (exact) mass is 666 g/mol. The van der Waals surface area contributed by atoms with Gasteiger partial charge in [0.2, 0.25) is 5.91 Å². The van der Waals surface area contributed by atoms with Crippen LogP contribution in [0.5, 0.6) is 5.75 Å². The van der Waals surface area contributed by atoms with Gasteiger partial charge in [0, 0.05) is 27.9 Å². The van der Waals surface area contributed by atoms with Gasteiger partial charge >= 0.3 is 18.0 Å². The number of nitrogens with one attached hydrogen (secondary N) is 2. The molecule has 0 saturated carbocycles. The normalized spacial score (nSPS) is 12.9. The molecule has 13 nitrogen and oxygen atoms in total. The van der Waals surface area contributed by atoms with E-state index in [9.17, 15) is 34.3 Å². The Morgan fingerprint density at radius 2 is 1.70 bits per heavy atom. The average Bonchev–Trinajstić information content (AvgIpc) is 3.00. The Hall–Kier alpha value is -5.35. The zero-order chi connectivity index (χ0) is 35.1. The number of carboxylic acid groups (broad SMARTS) is 1. The van der Waals surface area contributed by atoms with Crippen molar-refractivity contribution in [2.45, 2.75) is 58.2 Å². The van der Waals surface area contributed by atoms with Gasteiger partial charge in [0.05, 0.1) is 30.5 Å². The third-order valence-corrected chi connectivity index (χ3v) is 7.05. The molecule has 0 spiro atoms. The van der Waals surface area contributed by atoms with E-state index in [0.29, 0.717) is 21.8 Å². The number of hydrogen-bond acceptors (Lipinski definition) is 9. The van der Waals surface area contributed by atoms with E-state index in [4.69, 9.17) is 25.8 Å². The molecule has 3 N–H and O–H groups in total. The summed E-state index contributed by atoms with van der Waals surface area (Å²) < 4.78 is 17.0. The van der Waals surface area contributed by atoms with Crippen molar-refractivity contribution in [3.05, 3.63) is 81.2 Å². The minimum Gasteiger partial charge on any atom is -0.495 e. The van der Waals surface area contributed by atoms with Crippen LogP contribution in [-0.2, 0) is 19.1 Å². The summed E-state index contributed by atoms with van der Waals surface area (Å²) in [6, 6.07) is 12.6. The molecule has 2 aromatic carbocycles. The number of methoxy groups -OCH3 is 1. The number of carbonyl (C=O) groups is 4. The van der Waals surface area contributed by atoms with Crippen LogP contribution in [0.1, 0.15) is 63.0 Å². The van der Waals surface area contributed by atoms with Crippen LogP contribution in [0.4, 0.5) is 10.5 Å². The lowest BCUT2D eigenvalue weighted by Gasteiger charge is -2.28. The van der Waals surface area contributed by atoms with Crippen LogP contribution < -0.4 is 20.9 Å². The summed E-state index contributed by atoms with van der Waals surface area (Å²) in [5.41, 5.74) is -1.96. The van der Waals surface area contributed by atoms with Crippen LogP contribution >= 0.6 is 11.6 Å². The average molecular weight is 667 g/mol. The molecule has 0 saturated heterocycles. The van der Waals surface area contributed by atoms with Crippen LogP contribution in [0.15, 0.2) is 59.5 Å². The molecule has 0 fully saturated rings. The minimum absolute atomic E-state index is 0.0503. The Kier molecular flexibility index (Phi) is 11.4. The second-order valence-electron chi connectivity index (χ2n) is 11.6. The van der Waals surface area contributed by atoms with E-state index in [1.54, 1.807) is 39.8 Å². The smallest absolute Gasteiger partial charge is 0.408 e. The maximum atomic E-state index is 13.3. The third-order valence-electron chi connectivity index (χ3n) is 6.81. The van der Waals surface area contributed by atoms with E-state index in [0.717, 1.165) is 0 Å². The van der Waals surface area contributed by atoms with Crippen LogP contribution in [0.3, 0.4) is 0 Å². The second-order valence-corrected chi connectivity index (χ2v) is 12.1. The molecule has 1 heterocycles. The van der Waals surface area contributed by atoms with E-state index < -0.39 is 53.3 Å². The summed E-state index contributed by atoms with van der Waals surface area (Å²) in [6.45, 7) is 7.05. The topological polar surface area (TPSA) is 186 Å². The van der Waals surface area contributed by atoms with Gasteiger partial charge in [-0.3, -0.25) is 14.2 Å². The Bertz CT molecular complexity index is 1770. The van der Waals surface area contributed by atoms with Crippen molar-refractivity contribution in [2.75, 3.05) is 19.0 Å². The number of esters is 1. The van der Waals surface area contributed by atoms with Gasteiger partial charge in [-0.25, -0.2) is 14.4 Å². The van der Waals surface area contributed by atoms with Crippen LogP contribution in [0.2, 0.25) is 5.02 Å². The predicted octanol–water partition coefficient (Wildman–Crippen LogP) is 5.16. The zero-order valence-electron chi connectivity index (χ0n) is 26.7. The van der Waals surface area contributed by atoms with E-state index in [1.807, 2.05) is 0 Å². The van der Waals surface area contributed by atoms with Crippen molar-refractivity contribution in [3.8, 4) is 22.9 Å². The van der Waals surface area contributed by atoms with Crippen molar-refractivity contribution >= 4 is 41.2 Å². The highest BCUT2D eigenvalue weighted by molar-refractivity contribution is 6.31. The summed E-state index contributed by atoms with van der Waals surface area (Å²) in [5.74, 6) is -2.59. The molecule has 0 aliphatic heterocycles. The molecule has 0 radical (unpaired) electrons. The number of amides is 2. The number of pyridine rings is 1. The fourth-order valence-electron chi connectivity index (χ4n) is 4.38. The van der Waals surface area contributed by atoms with Crippen molar-refractivity contribution in [3.63, 3.8) is 0 Å². The summed E-state index contributed by atoms with van der Waals surface area (Å²) in [5, 5.41) is 24.5. The van der Waals surface area contributed by atoms with Crippen molar-refractivity contribution in [2.24, 2.45) is 0 Å². The predicted molar refractivity (Wildman–Crippen MR) is 173 cm³/mol. The van der Waals surface area contributed by atoms with Crippen LogP contribution in [0.25, 0.3) is 11.1 Å². The summed E-state index contributed by atoms with van der Waals surface area (Å²) in [6.07, 6.45) is 0.642. The number of rotatable bonds is 11. The largest absolute Gasteiger partial charge is 0.495 e. The minimum atomic E-state index is -1.97. The molecule has 1 aromatic heterocycles. The lowest BCUT2D eigenvalue weighted by Crippen LogP contribution is -2.56. The first-order valence-electron chi connectivity index (χ1n) is 14.3. The molecule has 3 rings (SSSR count). The van der Waals surface area contributed by atoms with Gasteiger partial charge in [-0.2, -0.15) is 5.26 Å². The van der Waals surface area contributed by atoms with Gasteiger partial charge in [-0.05, 0) is 76.6 Å². The molecule has 47 heavy (non-hydrogen) atoms. The third kappa shape index (κ3) is 9.11.